The van der Waals surface area contributed by atoms with E-state index >= 15 is 0 Å². The summed E-state index contributed by atoms with van der Waals surface area (Å²) in [5.41, 5.74) is 0.917. The van der Waals surface area contributed by atoms with Crippen LogP contribution in [0, 0.1) is 5.41 Å². The first-order valence-electron chi connectivity index (χ1n) is 7.51. The smallest absolute Gasteiger partial charge is 0.137 e. The molecular weight excluding hydrogens is 262 g/mol. The lowest BCUT2D eigenvalue weighted by atomic mass is 9.72. The van der Waals surface area contributed by atoms with Crippen molar-refractivity contribution in [3.8, 4) is 0 Å². The number of hydrogen-bond donors (Lipinski definition) is 1. The Labute approximate surface area is 126 Å². The van der Waals surface area contributed by atoms with E-state index in [0.717, 1.165) is 18.4 Å². The van der Waals surface area contributed by atoms with Gasteiger partial charge in [0, 0.05) is 0 Å². The second-order valence-electron chi connectivity index (χ2n) is 6.65. The molecule has 21 heavy (non-hydrogen) atoms. The minimum atomic E-state index is -0.995. The third-order valence-corrected chi connectivity index (χ3v) is 4.07. The van der Waals surface area contributed by atoms with Crippen molar-refractivity contribution in [2.75, 3.05) is 0 Å². The van der Waals surface area contributed by atoms with E-state index in [1.807, 2.05) is 32.9 Å². The highest BCUT2D eigenvalue weighted by atomic mass is 16.3. The van der Waals surface area contributed by atoms with Crippen molar-refractivity contribution in [2.24, 2.45) is 5.41 Å². The van der Waals surface area contributed by atoms with Crippen molar-refractivity contribution in [3.63, 3.8) is 0 Å². The molecule has 4 heteroatoms. The quantitative estimate of drug-likeness (QED) is 0.919. The molecule has 1 N–H and O–H groups in total. The summed E-state index contributed by atoms with van der Waals surface area (Å²) in [5, 5.41) is 15.5. The number of rotatable bonds is 5. The molecule has 2 rings (SSSR count). The minimum absolute atomic E-state index is 0.314. The van der Waals surface area contributed by atoms with Crippen molar-refractivity contribution in [1.82, 2.24) is 14.8 Å². The Morgan fingerprint density at radius 2 is 1.81 bits per heavy atom. The van der Waals surface area contributed by atoms with Crippen LogP contribution in [0.2, 0.25) is 0 Å². The molecule has 1 aromatic carbocycles. The van der Waals surface area contributed by atoms with Gasteiger partial charge in [-0.15, -0.1) is 0 Å². The first kappa shape index (κ1) is 15.7. The van der Waals surface area contributed by atoms with E-state index in [2.05, 4.69) is 29.1 Å². The summed E-state index contributed by atoms with van der Waals surface area (Å²) in [6.45, 7) is 8.70. The SMILES string of the molecule is CCCc1ccc(C(O)(Cn2cncn2)C(C)(C)C)cc1. The zero-order valence-electron chi connectivity index (χ0n) is 13.4. The molecule has 1 atom stereocenters. The Kier molecular flexibility index (Phi) is 4.47. The van der Waals surface area contributed by atoms with Crippen LogP contribution in [0.5, 0.6) is 0 Å². The van der Waals surface area contributed by atoms with Gasteiger partial charge < -0.3 is 5.11 Å². The van der Waals surface area contributed by atoms with E-state index in [1.54, 1.807) is 11.0 Å². The summed E-state index contributed by atoms with van der Waals surface area (Å²) in [6.07, 6.45) is 5.33. The molecule has 0 bridgehead atoms. The second kappa shape index (κ2) is 5.98. The number of aromatic nitrogens is 3. The topological polar surface area (TPSA) is 50.9 Å². The Balaban J connectivity index is 2.35. The molecule has 0 aliphatic carbocycles. The number of aliphatic hydroxyl groups is 1. The highest BCUT2D eigenvalue weighted by Gasteiger charge is 2.42. The maximum atomic E-state index is 11.3. The van der Waals surface area contributed by atoms with Crippen LogP contribution >= 0.6 is 0 Å². The Hall–Kier alpha value is -1.68. The molecule has 114 valence electrons. The van der Waals surface area contributed by atoms with Crippen molar-refractivity contribution in [1.29, 1.82) is 0 Å². The molecule has 0 saturated heterocycles. The third-order valence-electron chi connectivity index (χ3n) is 4.07. The van der Waals surface area contributed by atoms with Gasteiger partial charge in [-0.3, -0.25) is 0 Å². The van der Waals surface area contributed by atoms with Gasteiger partial charge in [-0.2, -0.15) is 5.10 Å². The molecule has 1 heterocycles. The van der Waals surface area contributed by atoms with Crippen LogP contribution < -0.4 is 0 Å². The first-order chi connectivity index (χ1) is 9.87. The molecule has 0 aliphatic rings. The highest BCUT2D eigenvalue weighted by molar-refractivity contribution is 5.29. The molecular formula is C17H25N3O. The van der Waals surface area contributed by atoms with Gasteiger partial charge >= 0.3 is 0 Å². The predicted octanol–water partition coefficient (Wildman–Crippen LogP) is 3.16. The zero-order valence-corrected chi connectivity index (χ0v) is 13.4. The van der Waals surface area contributed by atoms with Crippen molar-refractivity contribution in [3.05, 3.63) is 48.0 Å². The van der Waals surface area contributed by atoms with Crippen LogP contribution in [0.15, 0.2) is 36.9 Å². The maximum absolute atomic E-state index is 11.3. The van der Waals surface area contributed by atoms with Gasteiger partial charge in [0.1, 0.15) is 18.3 Å². The first-order valence-corrected chi connectivity index (χ1v) is 7.51. The van der Waals surface area contributed by atoms with Crippen LogP contribution in [-0.2, 0) is 18.6 Å². The molecule has 4 nitrogen and oxygen atoms in total. The fourth-order valence-electron chi connectivity index (χ4n) is 2.55. The standard InChI is InChI=1S/C17H25N3O/c1-5-6-14-7-9-15(10-8-14)17(21,16(2,3)4)11-20-13-18-12-19-20/h7-10,12-13,21H,5-6,11H2,1-4H3. The Morgan fingerprint density at radius 1 is 1.14 bits per heavy atom. The summed E-state index contributed by atoms with van der Waals surface area (Å²) in [6, 6.07) is 8.29. The monoisotopic (exact) mass is 287 g/mol. The molecule has 0 radical (unpaired) electrons. The van der Waals surface area contributed by atoms with Gasteiger partial charge in [0.2, 0.25) is 0 Å². The number of benzene rings is 1. The lowest BCUT2D eigenvalue weighted by molar-refractivity contribution is -0.0804. The van der Waals surface area contributed by atoms with Crippen LogP contribution in [-0.4, -0.2) is 19.9 Å². The Morgan fingerprint density at radius 3 is 2.29 bits per heavy atom. The normalized spacial score (nSPS) is 14.9. The average Bonchev–Trinajstić information content (AvgIpc) is 2.91. The van der Waals surface area contributed by atoms with Crippen LogP contribution in [0.1, 0.15) is 45.2 Å². The molecule has 1 unspecified atom stereocenters. The average molecular weight is 287 g/mol. The van der Waals surface area contributed by atoms with Gasteiger partial charge in [-0.1, -0.05) is 58.4 Å². The molecule has 2 aromatic rings. The number of hydrogen-bond acceptors (Lipinski definition) is 3. The largest absolute Gasteiger partial charge is 0.383 e. The van der Waals surface area contributed by atoms with Crippen LogP contribution in [0.4, 0.5) is 0 Å². The van der Waals surface area contributed by atoms with Gasteiger partial charge in [-0.25, -0.2) is 9.67 Å². The van der Waals surface area contributed by atoms with E-state index < -0.39 is 5.60 Å². The highest BCUT2D eigenvalue weighted by Crippen LogP contribution is 2.40. The lowest BCUT2D eigenvalue weighted by Crippen LogP contribution is -2.44. The summed E-state index contributed by atoms with van der Waals surface area (Å²) in [7, 11) is 0. The summed E-state index contributed by atoms with van der Waals surface area (Å²) in [4.78, 5) is 3.96. The van der Waals surface area contributed by atoms with E-state index in [0.29, 0.717) is 6.54 Å². The Bertz CT molecular complexity index is 555. The van der Waals surface area contributed by atoms with Crippen LogP contribution in [0.25, 0.3) is 0 Å². The third kappa shape index (κ3) is 3.32. The van der Waals surface area contributed by atoms with Gasteiger partial charge in [0.25, 0.3) is 0 Å². The fourth-order valence-corrected chi connectivity index (χ4v) is 2.55. The molecule has 0 aliphatic heterocycles. The fraction of sp³-hybridized carbons (Fsp3) is 0.529. The van der Waals surface area contributed by atoms with E-state index in [1.165, 1.54) is 11.9 Å². The molecule has 0 spiro atoms. The molecule has 0 amide bonds. The van der Waals surface area contributed by atoms with Crippen molar-refractivity contribution >= 4 is 0 Å². The van der Waals surface area contributed by atoms with Crippen molar-refractivity contribution < 1.29 is 5.11 Å². The predicted molar refractivity (Wildman–Crippen MR) is 83.8 cm³/mol. The van der Waals surface area contributed by atoms with E-state index in [9.17, 15) is 5.11 Å². The maximum Gasteiger partial charge on any atom is 0.137 e. The molecule has 0 saturated carbocycles. The van der Waals surface area contributed by atoms with Crippen LogP contribution in [0.3, 0.4) is 0 Å². The summed E-state index contributed by atoms with van der Waals surface area (Å²) in [5.74, 6) is 0. The molecule has 0 fully saturated rings. The summed E-state index contributed by atoms with van der Waals surface area (Å²) < 4.78 is 1.69. The van der Waals surface area contributed by atoms with Crippen molar-refractivity contribution in [2.45, 2.75) is 52.7 Å². The number of nitrogens with zero attached hydrogens (tertiary/aromatic N) is 3. The van der Waals surface area contributed by atoms with Gasteiger partial charge in [0.15, 0.2) is 0 Å². The minimum Gasteiger partial charge on any atom is -0.383 e. The van der Waals surface area contributed by atoms with Gasteiger partial charge in [-0.05, 0) is 23.0 Å². The number of aryl methyl sites for hydroxylation is 1. The summed E-state index contributed by atoms with van der Waals surface area (Å²) >= 11 is 0. The molecule has 1 aromatic heterocycles. The van der Waals surface area contributed by atoms with E-state index in [4.69, 9.17) is 0 Å². The van der Waals surface area contributed by atoms with E-state index in [-0.39, 0.29) is 5.41 Å². The second-order valence-corrected chi connectivity index (χ2v) is 6.65. The van der Waals surface area contributed by atoms with Gasteiger partial charge in [0.05, 0.1) is 6.54 Å². The zero-order chi connectivity index (χ0) is 15.5. The lowest BCUT2D eigenvalue weighted by Gasteiger charge is -2.40.